The zero-order valence-corrected chi connectivity index (χ0v) is 27.2. The summed E-state index contributed by atoms with van der Waals surface area (Å²) >= 11 is 0. The molecule has 3 aromatic rings. The van der Waals surface area contributed by atoms with Crippen molar-refractivity contribution in [3.05, 3.63) is 89.0 Å². The number of anilines is 3. The first-order valence-corrected chi connectivity index (χ1v) is 14.9. The minimum Gasteiger partial charge on any atom is -0.388 e. The molecule has 40 heavy (non-hydrogen) atoms. The lowest BCUT2D eigenvalue weighted by molar-refractivity contribution is 1.04. The maximum Gasteiger partial charge on any atom is 0.0370 e. The summed E-state index contributed by atoms with van der Waals surface area (Å²) in [5, 5.41) is 9.40. The third-order valence-corrected chi connectivity index (χ3v) is 5.55. The SMILES string of the molecule is C.C.CC.CC.CC.CCc1ccc(NC)cc1CC.CCc1cccc(NC)c1.CCc1ccccc1NC. The van der Waals surface area contributed by atoms with E-state index < -0.39 is 0 Å². The van der Waals surface area contributed by atoms with Gasteiger partial charge in [-0.2, -0.15) is 0 Å². The standard InChI is InChI=1S/C11H17N.2C9H13N.3C2H6.2CH4/c1-4-9-6-7-11(12-3)8-10(9)5-2;1-3-8-5-4-6-9(7-8)10-2;1-3-8-6-4-5-7-9(8)10-2;3*1-2;;/h6-8,12H,4-5H2,1-3H3;2*4-7,10H,3H2,1-2H3;3*1-2H3;2*1H4. The van der Waals surface area contributed by atoms with Crippen LogP contribution in [-0.2, 0) is 25.7 Å². The molecule has 3 heteroatoms. The largest absolute Gasteiger partial charge is 0.388 e. The first kappa shape index (κ1) is 46.9. The molecule has 3 N–H and O–H groups in total. The molecule has 0 aromatic heterocycles. The molecule has 0 aliphatic carbocycles. The molecule has 0 unspecified atom stereocenters. The van der Waals surface area contributed by atoms with Crippen LogP contribution in [-0.4, -0.2) is 21.1 Å². The van der Waals surface area contributed by atoms with Gasteiger partial charge in [0.05, 0.1) is 0 Å². The van der Waals surface area contributed by atoms with Crippen molar-refractivity contribution in [3.8, 4) is 0 Å². The number of nitrogens with one attached hydrogen (secondary N) is 3. The Balaban J connectivity index is -0.000000137. The normalized spacial score (nSPS) is 8.12. The number of hydrogen-bond acceptors (Lipinski definition) is 3. The summed E-state index contributed by atoms with van der Waals surface area (Å²) in [4.78, 5) is 0. The zero-order chi connectivity index (χ0) is 29.8. The summed E-state index contributed by atoms with van der Waals surface area (Å²) in [5.41, 5.74) is 9.34. The second-order valence-electron chi connectivity index (χ2n) is 7.51. The van der Waals surface area contributed by atoms with Gasteiger partial charge in [0.15, 0.2) is 0 Å². The van der Waals surface area contributed by atoms with Crippen LogP contribution in [0.1, 0.15) is 106 Å². The van der Waals surface area contributed by atoms with Crippen molar-refractivity contribution in [2.45, 2.75) is 110 Å². The highest BCUT2D eigenvalue weighted by Crippen LogP contribution is 2.16. The molecule has 3 rings (SSSR count). The molecule has 0 radical (unpaired) electrons. The molecule has 3 nitrogen and oxygen atoms in total. The maximum absolute atomic E-state index is 3.15. The second-order valence-corrected chi connectivity index (χ2v) is 7.51. The van der Waals surface area contributed by atoms with Crippen molar-refractivity contribution >= 4 is 17.1 Å². The van der Waals surface area contributed by atoms with Crippen molar-refractivity contribution < 1.29 is 0 Å². The van der Waals surface area contributed by atoms with Crippen LogP contribution in [0.2, 0.25) is 0 Å². The molecule has 232 valence electrons. The molecule has 0 spiro atoms. The van der Waals surface area contributed by atoms with Crippen molar-refractivity contribution in [2.24, 2.45) is 0 Å². The molecular formula is C37H69N3. The van der Waals surface area contributed by atoms with Gasteiger partial charge in [0.25, 0.3) is 0 Å². The van der Waals surface area contributed by atoms with Gasteiger partial charge in [0, 0.05) is 38.2 Å². The quantitative estimate of drug-likeness (QED) is 0.271. The Bertz CT molecular complexity index is 861. The molecule has 0 heterocycles. The number of hydrogen-bond donors (Lipinski definition) is 3. The van der Waals surface area contributed by atoms with E-state index in [1.807, 2.05) is 68.8 Å². The average Bonchev–Trinajstić information content (AvgIpc) is 3.03. The van der Waals surface area contributed by atoms with E-state index in [-0.39, 0.29) is 14.9 Å². The third kappa shape index (κ3) is 20.0. The summed E-state index contributed by atoms with van der Waals surface area (Å²) < 4.78 is 0. The Kier molecular flexibility index (Phi) is 40.0. The first-order valence-electron chi connectivity index (χ1n) is 14.9. The highest BCUT2D eigenvalue weighted by atomic mass is 14.8. The van der Waals surface area contributed by atoms with Gasteiger partial charge < -0.3 is 16.0 Å². The monoisotopic (exact) mass is 556 g/mol. The maximum atomic E-state index is 3.15. The van der Waals surface area contributed by atoms with Gasteiger partial charge in [0.1, 0.15) is 0 Å². The molecule has 0 aliphatic heterocycles. The number of para-hydroxylation sites is 1. The van der Waals surface area contributed by atoms with Crippen molar-refractivity contribution in [3.63, 3.8) is 0 Å². The first-order chi connectivity index (χ1) is 18.6. The van der Waals surface area contributed by atoms with Gasteiger partial charge in [0.2, 0.25) is 0 Å². The molecule has 0 saturated heterocycles. The highest BCUT2D eigenvalue weighted by molar-refractivity contribution is 5.50. The van der Waals surface area contributed by atoms with E-state index in [9.17, 15) is 0 Å². The smallest absolute Gasteiger partial charge is 0.0370 e. The average molecular weight is 556 g/mol. The lowest BCUT2D eigenvalue weighted by Crippen LogP contribution is -1.94. The van der Waals surface area contributed by atoms with Crippen LogP contribution in [0, 0.1) is 0 Å². The Morgan fingerprint density at radius 1 is 0.450 bits per heavy atom. The van der Waals surface area contributed by atoms with Gasteiger partial charge in [-0.3, -0.25) is 0 Å². The van der Waals surface area contributed by atoms with Crippen LogP contribution in [0.3, 0.4) is 0 Å². The Morgan fingerprint density at radius 3 is 1.38 bits per heavy atom. The summed E-state index contributed by atoms with van der Waals surface area (Å²) in [7, 11) is 5.85. The lowest BCUT2D eigenvalue weighted by Gasteiger charge is -2.07. The predicted octanol–water partition coefficient (Wildman–Crippen LogP) is 11.8. The van der Waals surface area contributed by atoms with Crippen molar-refractivity contribution in [1.82, 2.24) is 0 Å². The van der Waals surface area contributed by atoms with Gasteiger partial charge in [-0.1, -0.05) is 120 Å². The molecule has 0 atom stereocenters. The van der Waals surface area contributed by atoms with Gasteiger partial charge >= 0.3 is 0 Å². The number of aryl methyl sites for hydroxylation is 4. The van der Waals surface area contributed by atoms with Gasteiger partial charge in [-0.15, -0.1) is 0 Å². The Labute approximate surface area is 252 Å². The summed E-state index contributed by atoms with van der Waals surface area (Å²) in [5.74, 6) is 0. The van der Waals surface area contributed by atoms with Gasteiger partial charge in [-0.25, -0.2) is 0 Å². The molecule has 0 saturated carbocycles. The van der Waals surface area contributed by atoms with Crippen LogP contribution in [0.15, 0.2) is 66.7 Å². The van der Waals surface area contributed by atoms with E-state index in [0.29, 0.717) is 0 Å². The van der Waals surface area contributed by atoms with Crippen LogP contribution in [0.5, 0.6) is 0 Å². The van der Waals surface area contributed by atoms with E-state index in [2.05, 4.69) is 104 Å². The minimum atomic E-state index is 0. The van der Waals surface area contributed by atoms with Crippen molar-refractivity contribution in [1.29, 1.82) is 0 Å². The van der Waals surface area contributed by atoms with Gasteiger partial charge in [-0.05, 0) is 78.3 Å². The predicted molar refractivity (Wildman–Crippen MR) is 193 cm³/mol. The summed E-state index contributed by atoms with van der Waals surface area (Å²) in [6.45, 7) is 20.7. The molecular weight excluding hydrogens is 486 g/mol. The summed E-state index contributed by atoms with van der Waals surface area (Å²) in [6.07, 6.45) is 4.46. The summed E-state index contributed by atoms with van der Waals surface area (Å²) in [6, 6.07) is 23.4. The zero-order valence-electron chi connectivity index (χ0n) is 27.2. The Morgan fingerprint density at radius 2 is 0.950 bits per heavy atom. The fraction of sp³-hybridized carbons (Fsp3) is 0.514. The molecule has 0 bridgehead atoms. The van der Waals surface area contributed by atoms with E-state index in [1.54, 1.807) is 0 Å². The van der Waals surface area contributed by atoms with E-state index in [1.165, 1.54) is 39.3 Å². The Hall–Kier alpha value is -2.94. The lowest BCUT2D eigenvalue weighted by atomic mass is 10.0. The number of benzene rings is 3. The third-order valence-electron chi connectivity index (χ3n) is 5.55. The molecule has 0 fully saturated rings. The topological polar surface area (TPSA) is 36.1 Å². The second kappa shape index (κ2) is 34.1. The molecule has 0 aliphatic rings. The van der Waals surface area contributed by atoms with Crippen molar-refractivity contribution in [2.75, 3.05) is 37.1 Å². The minimum absolute atomic E-state index is 0. The van der Waals surface area contributed by atoms with E-state index >= 15 is 0 Å². The van der Waals surface area contributed by atoms with E-state index in [0.717, 1.165) is 25.7 Å². The number of rotatable bonds is 7. The van der Waals surface area contributed by atoms with E-state index in [4.69, 9.17) is 0 Å². The fourth-order valence-electron chi connectivity index (χ4n) is 3.47. The van der Waals surface area contributed by atoms with Crippen LogP contribution in [0.25, 0.3) is 0 Å². The molecule has 0 amide bonds. The fourth-order valence-corrected chi connectivity index (χ4v) is 3.47. The molecule has 3 aromatic carbocycles. The van der Waals surface area contributed by atoms with Crippen LogP contribution < -0.4 is 16.0 Å². The van der Waals surface area contributed by atoms with Crippen LogP contribution >= 0.6 is 0 Å². The van der Waals surface area contributed by atoms with Crippen LogP contribution in [0.4, 0.5) is 17.1 Å². The highest BCUT2D eigenvalue weighted by Gasteiger charge is 1.98.